The molecule has 42 heavy (non-hydrogen) atoms. The number of phenolic OH excluding ortho intramolecular Hbond substituents is 2. The lowest BCUT2D eigenvalue weighted by atomic mass is 10.1. The van der Waals surface area contributed by atoms with Gasteiger partial charge >= 0.3 is 0 Å². The van der Waals surface area contributed by atoms with E-state index in [0.29, 0.717) is 28.8 Å². The number of nitrogens with zero attached hydrogens (tertiary/aromatic N) is 4. The molecule has 4 aromatic rings. The number of hydrogen-bond donors (Lipinski definition) is 4. The molecule has 0 aliphatic carbocycles. The van der Waals surface area contributed by atoms with Crippen molar-refractivity contribution in [3.63, 3.8) is 0 Å². The standard InChI is InChI=1S/C27H27N5O8S2/c1-4-28-21-11-9-19-18(8-12-22(27(19)34)30-31-23-14-16(40-3)6-13-24(23)33)26(21)32-29-20-10-7-17(41(35,36)5-2)15-25(20)42(37,38)39/h6-15,28,33-34H,4-5H2,1-3H3,(H,37,38,39). The molecular weight excluding hydrogens is 586 g/mol. The van der Waals surface area contributed by atoms with Gasteiger partial charge < -0.3 is 20.3 Å². The van der Waals surface area contributed by atoms with Crippen LogP contribution in [0.1, 0.15) is 13.8 Å². The second kappa shape index (κ2) is 12.1. The van der Waals surface area contributed by atoms with Crippen molar-refractivity contribution in [1.29, 1.82) is 0 Å². The maximum atomic E-state index is 12.3. The zero-order valence-corrected chi connectivity index (χ0v) is 24.3. The monoisotopic (exact) mass is 613 g/mol. The van der Waals surface area contributed by atoms with Gasteiger partial charge in [-0.2, -0.15) is 8.42 Å². The molecule has 0 aromatic heterocycles. The molecule has 220 valence electrons. The van der Waals surface area contributed by atoms with Gasteiger partial charge in [-0.25, -0.2) is 8.42 Å². The number of methoxy groups -OCH3 is 1. The van der Waals surface area contributed by atoms with Crippen LogP contribution >= 0.6 is 0 Å². The summed E-state index contributed by atoms with van der Waals surface area (Å²) in [6.45, 7) is 3.75. The molecular formula is C27H27N5O8S2. The molecule has 0 aliphatic rings. The minimum absolute atomic E-state index is 0.0881. The van der Waals surface area contributed by atoms with Gasteiger partial charge in [0.05, 0.1) is 23.4 Å². The normalized spacial score (nSPS) is 12.4. The van der Waals surface area contributed by atoms with Gasteiger partial charge in [0.1, 0.15) is 39.1 Å². The Morgan fingerprint density at radius 3 is 2.12 bits per heavy atom. The van der Waals surface area contributed by atoms with Gasteiger partial charge in [0, 0.05) is 23.4 Å². The summed E-state index contributed by atoms with van der Waals surface area (Å²) in [5.41, 5.74) is 0.649. The molecule has 0 fully saturated rings. The summed E-state index contributed by atoms with van der Waals surface area (Å²) in [5.74, 6) is -0.199. The van der Waals surface area contributed by atoms with Crippen LogP contribution < -0.4 is 10.1 Å². The van der Waals surface area contributed by atoms with Gasteiger partial charge in [-0.05, 0) is 61.5 Å². The number of nitrogens with one attached hydrogen (secondary N) is 1. The van der Waals surface area contributed by atoms with E-state index in [-0.39, 0.29) is 44.9 Å². The second-order valence-electron chi connectivity index (χ2n) is 8.78. The van der Waals surface area contributed by atoms with Crippen LogP contribution in [0.5, 0.6) is 17.2 Å². The quantitative estimate of drug-likeness (QED) is 0.113. The number of anilines is 1. The highest BCUT2D eigenvalue weighted by atomic mass is 32.2. The van der Waals surface area contributed by atoms with E-state index in [9.17, 15) is 31.6 Å². The second-order valence-corrected chi connectivity index (χ2v) is 12.5. The number of ether oxygens (including phenoxy) is 1. The largest absolute Gasteiger partial charge is 0.506 e. The van der Waals surface area contributed by atoms with Crippen LogP contribution in [0.25, 0.3) is 10.8 Å². The Kier molecular flexibility index (Phi) is 8.75. The number of phenols is 2. The molecule has 4 N–H and O–H groups in total. The van der Waals surface area contributed by atoms with Crippen molar-refractivity contribution in [1.82, 2.24) is 0 Å². The van der Waals surface area contributed by atoms with Crippen LogP contribution in [0.2, 0.25) is 0 Å². The van der Waals surface area contributed by atoms with Crippen LogP contribution in [0.15, 0.2) is 90.9 Å². The maximum absolute atomic E-state index is 12.3. The summed E-state index contributed by atoms with van der Waals surface area (Å²) in [6, 6.07) is 13.9. The highest BCUT2D eigenvalue weighted by molar-refractivity contribution is 7.91. The molecule has 13 nitrogen and oxygen atoms in total. The van der Waals surface area contributed by atoms with E-state index in [1.807, 2.05) is 6.92 Å². The molecule has 4 aromatic carbocycles. The predicted molar refractivity (Wildman–Crippen MR) is 157 cm³/mol. The first-order valence-electron chi connectivity index (χ1n) is 12.5. The molecule has 15 heteroatoms. The zero-order chi connectivity index (χ0) is 30.7. The van der Waals surface area contributed by atoms with Crippen molar-refractivity contribution in [2.45, 2.75) is 23.6 Å². The van der Waals surface area contributed by atoms with Crippen LogP contribution in [0, 0.1) is 0 Å². The molecule has 0 aliphatic heterocycles. The minimum Gasteiger partial charge on any atom is -0.506 e. The Balaban J connectivity index is 1.82. The van der Waals surface area contributed by atoms with Gasteiger partial charge in [-0.15, -0.1) is 20.5 Å². The van der Waals surface area contributed by atoms with Gasteiger partial charge in [0.2, 0.25) is 0 Å². The van der Waals surface area contributed by atoms with Crippen molar-refractivity contribution in [3.05, 3.63) is 60.7 Å². The fourth-order valence-electron chi connectivity index (χ4n) is 3.95. The lowest BCUT2D eigenvalue weighted by molar-refractivity contribution is 0.412. The molecule has 4 rings (SSSR count). The predicted octanol–water partition coefficient (Wildman–Crippen LogP) is 6.56. The Morgan fingerprint density at radius 2 is 1.45 bits per heavy atom. The van der Waals surface area contributed by atoms with Crippen molar-refractivity contribution in [2.24, 2.45) is 20.5 Å². The SMILES string of the molecule is CCNc1ccc2c(O)c(N=Nc3cc(OC)ccc3O)ccc2c1N=Nc1ccc(S(=O)(=O)CC)cc1S(=O)(=O)O. The molecule has 0 saturated carbocycles. The smallest absolute Gasteiger partial charge is 0.296 e. The van der Waals surface area contributed by atoms with E-state index >= 15 is 0 Å². The zero-order valence-electron chi connectivity index (χ0n) is 22.7. The van der Waals surface area contributed by atoms with E-state index in [1.54, 1.807) is 24.3 Å². The average Bonchev–Trinajstić information content (AvgIpc) is 2.96. The number of aromatic hydroxyl groups is 2. The number of fused-ring (bicyclic) bond motifs is 1. The van der Waals surface area contributed by atoms with Crippen LogP contribution in [-0.4, -0.2) is 51.0 Å². The Hall–Kier alpha value is -4.60. The van der Waals surface area contributed by atoms with E-state index in [2.05, 4.69) is 25.8 Å². The summed E-state index contributed by atoms with van der Waals surface area (Å²) < 4.78 is 63.6. The Labute approximate surface area is 241 Å². The molecule has 0 bridgehead atoms. The number of rotatable bonds is 10. The lowest BCUT2D eigenvalue weighted by Crippen LogP contribution is -2.06. The van der Waals surface area contributed by atoms with Crippen molar-refractivity contribution >= 4 is 59.2 Å². The van der Waals surface area contributed by atoms with E-state index < -0.39 is 24.9 Å². The third kappa shape index (κ3) is 6.32. The first kappa shape index (κ1) is 30.4. The number of benzene rings is 4. The van der Waals surface area contributed by atoms with Gasteiger partial charge in [0.15, 0.2) is 15.6 Å². The number of sulfone groups is 1. The van der Waals surface area contributed by atoms with Crippen LogP contribution in [0.4, 0.5) is 28.4 Å². The molecule has 0 saturated heterocycles. The van der Waals surface area contributed by atoms with Crippen molar-refractivity contribution < 1.29 is 36.3 Å². The van der Waals surface area contributed by atoms with Gasteiger partial charge in [-0.3, -0.25) is 4.55 Å². The Bertz CT molecular complexity index is 1940. The molecule has 0 atom stereocenters. The third-order valence-corrected chi connectivity index (χ3v) is 8.76. The fraction of sp³-hybridized carbons (Fsp3) is 0.185. The molecule has 0 heterocycles. The summed E-state index contributed by atoms with van der Waals surface area (Å²) in [5, 5.41) is 41.3. The highest BCUT2D eigenvalue weighted by Crippen LogP contribution is 2.43. The molecule has 0 amide bonds. The van der Waals surface area contributed by atoms with E-state index in [4.69, 9.17) is 4.74 Å². The lowest BCUT2D eigenvalue weighted by Gasteiger charge is -2.12. The number of hydrogen-bond acceptors (Lipinski definition) is 12. The minimum atomic E-state index is -4.86. The van der Waals surface area contributed by atoms with Crippen LogP contribution in [-0.2, 0) is 20.0 Å². The molecule has 0 radical (unpaired) electrons. The first-order chi connectivity index (χ1) is 19.9. The van der Waals surface area contributed by atoms with Gasteiger partial charge in [-0.1, -0.05) is 6.92 Å². The van der Waals surface area contributed by atoms with Gasteiger partial charge in [0.25, 0.3) is 10.1 Å². The van der Waals surface area contributed by atoms with Crippen molar-refractivity contribution in [2.75, 3.05) is 24.7 Å². The maximum Gasteiger partial charge on any atom is 0.296 e. The number of azo groups is 2. The molecule has 0 unspecified atom stereocenters. The fourth-order valence-corrected chi connectivity index (χ4v) is 5.58. The molecule has 0 spiro atoms. The van der Waals surface area contributed by atoms with E-state index in [0.717, 1.165) is 12.1 Å². The average molecular weight is 614 g/mol. The summed E-state index contributed by atoms with van der Waals surface area (Å²) in [7, 11) is -7.16. The summed E-state index contributed by atoms with van der Waals surface area (Å²) >= 11 is 0. The first-order valence-corrected chi connectivity index (χ1v) is 15.6. The Morgan fingerprint density at radius 1 is 0.786 bits per heavy atom. The van der Waals surface area contributed by atoms with Crippen molar-refractivity contribution in [3.8, 4) is 17.2 Å². The van der Waals surface area contributed by atoms with E-state index in [1.165, 1.54) is 38.3 Å². The van der Waals surface area contributed by atoms with Crippen LogP contribution in [0.3, 0.4) is 0 Å². The topological polar surface area (TPSA) is 200 Å². The summed E-state index contributed by atoms with van der Waals surface area (Å²) in [4.78, 5) is -1.01. The summed E-state index contributed by atoms with van der Waals surface area (Å²) in [6.07, 6.45) is 0. The highest BCUT2D eigenvalue weighted by Gasteiger charge is 2.21. The third-order valence-electron chi connectivity index (χ3n) is 6.14.